The lowest BCUT2D eigenvalue weighted by Crippen LogP contribution is -2.19. The van der Waals surface area contributed by atoms with Crippen molar-refractivity contribution in [3.05, 3.63) is 72.3 Å². The Morgan fingerprint density at radius 2 is 1.92 bits per heavy atom. The lowest BCUT2D eigenvalue weighted by molar-refractivity contribution is 0.0972. The van der Waals surface area contributed by atoms with Gasteiger partial charge in [-0.2, -0.15) is 0 Å². The Labute approximate surface area is 213 Å². The van der Waals surface area contributed by atoms with Crippen LogP contribution in [0.3, 0.4) is 0 Å². The highest BCUT2D eigenvalue weighted by Gasteiger charge is 2.24. The summed E-state index contributed by atoms with van der Waals surface area (Å²) in [5, 5.41) is 8.53. The van der Waals surface area contributed by atoms with Crippen LogP contribution < -0.4 is 9.46 Å². The number of rotatable bonds is 12. The van der Waals surface area contributed by atoms with Crippen LogP contribution in [0.25, 0.3) is 17.7 Å². The smallest absolute Gasteiger partial charge is 0.239 e. The first-order valence-corrected chi connectivity index (χ1v) is 11.8. The Morgan fingerprint density at radius 1 is 1.14 bits per heavy atom. The quantitative estimate of drug-likeness (QED) is 0.207. The third-order valence-electron chi connectivity index (χ3n) is 4.87. The molecule has 36 heavy (non-hydrogen) atoms. The molecule has 2 atom stereocenters. The summed E-state index contributed by atoms with van der Waals surface area (Å²) in [5.74, 6) is 2.31. The number of anilines is 1. The molecule has 0 fully saturated rings. The zero-order valence-electron chi connectivity index (χ0n) is 20.6. The molecular formula is C24H28FN7O3S. The number of aromatic nitrogens is 6. The fourth-order valence-corrected chi connectivity index (χ4v) is 3.85. The van der Waals surface area contributed by atoms with Crippen molar-refractivity contribution in [1.29, 1.82) is 0 Å². The van der Waals surface area contributed by atoms with E-state index in [0.717, 1.165) is 5.56 Å². The molecule has 3 heterocycles. The number of methoxy groups -OCH3 is 3. The fourth-order valence-electron chi connectivity index (χ4n) is 3.06. The van der Waals surface area contributed by atoms with E-state index in [1.807, 2.05) is 19.9 Å². The second kappa shape index (κ2) is 13.4. The summed E-state index contributed by atoms with van der Waals surface area (Å²) in [4.78, 5) is 13.2. The lowest BCUT2D eigenvalue weighted by atomic mass is 10.2. The van der Waals surface area contributed by atoms with Crippen molar-refractivity contribution in [2.75, 3.05) is 26.1 Å². The molecule has 3 aromatic rings. The van der Waals surface area contributed by atoms with E-state index in [1.54, 1.807) is 48.5 Å². The van der Waals surface area contributed by atoms with Crippen LogP contribution in [0, 0.1) is 6.92 Å². The van der Waals surface area contributed by atoms with Crippen LogP contribution >= 0.6 is 11.9 Å². The van der Waals surface area contributed by atoms with Crippen LogP contribution in [-0.2, 0) is 9.47 Å². The van der Waals surface area contributed by atoms with Crippen LogP contribution in [-0.4, -0.2) is 56.3 Å². The van der Waals surface area contributed by atoms with Gasteiger partial charge >= 0.3 is 0 Å². The first-order valence-electron chi connectivity index (χ1n) is 10.9. The number of aryl methyl sites for hydroxylation is 1. The van der Waals surface area contributed by atoms with Crippen LogP contribution in [0.1, 0.15) is 24.4 Å². The number of ether oxygens (including phenoxy) is 3. The van der Waals surface area contributed by atoms with E-state index in [0.29, 0.717) is 41.3 Å². The molecule has 1 N–H and O–H groups in total. The van der Waals surface area contributed by atoms with E-state index in [9.17, 15) is 4.39 Å². The summed E-state index contributed by atoms with van der Waals surface area (Å²) in [6.45, 7) is 3.92. The minimum Gasteiger partial charge on any atom is -0.495 e. The van der Waals surface area contributed by atoms with Crippen molar-refractivity contribution in [1.82, 2.24) is 29.7 Å². The van der Waals surface area contributed by atoms with Crippen LogP contribution in [0.4, 0.5) is 10.3 Å². The number of hydrogen-bond donors (Lipinski definition) is 1. The van der Waals surface area contributed by atoms with E-state index in [-0.39, 0.29) is 11.4 Å². The normalized spacial score (nSPS) is 13.8. The summed E-state index contributed by atoms with van der Waals surface area (Å²) in [5.41, 5.74) is 1.51. The monoisotopic (exact) mass is 513 g/mol. The van der Waals surface area contributed by atoms with E-state index in [4.69, 9.17) is 14.2 Å². The second-order valence-electron chi connectivity index (χ2n) is 7.40. The Kier molecular flexibility index (Phi) is 9.95. The minimum atomic E-state index is -0.362. The van der Waals surface area contributed by atoms with Crippen LogP contribution in [0.15, 0.2) is 60.9 Å². The molecule has 0 saturated carbocycles. The topological polar surface area (TPSA) is 109 Å². The Balaban J connectivity index is 1.93. The molecule has 0 radical (unpaired) electrons. The summed E-state index contributed by atoms with van der Waals surface area (Å²) >= 11 is 1.38. The molecule has 2 unspecified atom stereocenters. The van der Waals surface area contributed by atoms with Crippen molar-refractivity contribution in [3.63, 3.8) is 0 Å². The van der Waals surface area contributed by atoms with E-state index >= 15 is 0 Å². The van der Waals surface area contributed by atoms with Gasteiger partial charge < -0.3 is 14.2 Å². The fraction of sp³-hybridized carbons (Fsp3) is 0.292. The Morgan fingerprint density at radius 3 is 2.58 bits per heavy atom. The Hall–Kier alpha value is -3.77. The van der Waals surface area contributed by atoms with Crippen molar-refractivity contribution in [3.8, 4) is 17.4 Å². The second-order valence-corrected chi connectivity index (χ2v) is 8.58. The average molecular weight is 514 g/mol. The molecule has 0 amide bonds. The highest BCUT2D eigenvalue weighted by Crippen LogP contribution is 2.29. The largest absolute Gasteiger partial charge is 0.495 e. The van der Waals surface area contributed by atoms with Crippen molar-refractivity contribution in [2.45, 2.75) is 25.2 Å². The van der Waals surface area contributed by atoms with E-state index in [1.165, 1.54) is 38.3 Å². The number of halogens is 1. The number of nitrogens with zero attached hydrogens (tertiary/aromatic N) is 6. The molecular weight excluding hydrogens is 485 g/mol. The molecule has 3 rings (SSSR count). The lowest BCUT2D eigenvalue weighted by Gasteiger charge is -2.21. The maximum absolute atomic E-state index is 12.4. The van der Waals surface area contributed by atoms with Crippen LogP contribution in [0.2, 0.25) is 0 Å². The maximum atomic E-state index is 12.4. The number of allylic oxidation sites excluding steroid dienone is 3. The number of hydrogen-bond acceptors (Lipinski definition) is 10. The predicted molar refractivity (Wildman–Crippen MR) is 138 cm³/mol. The summed E-state index contributed by atoms with van der Waals surface area (Å²) in [6.07, 6.45) is 9.62. The molecule has 0 saturated heterocycles. The summed E-state index contributed by atoms with van der Waals surface area (Å²) in [6, 6.07) is 5.34. The first kappa shape index (κ1) is 26.8. The van der Waals surface area contributed by atoms with Crippen LogP contribution in [0.5, 0.6) is 5.88 Å². The summed E-state index contributed by atoms with van der Waals surface area (Å²) in [7, 11) is 4.67. The molecule has 0 aliphatic carbocycles. The van der Waals surface area contributed by atoms with Crippen molar-refractivity contribution < 1.29 is 18.6 Å². The van der Waals surface area contributed by atoms with Gasteiger partial charge in [-0.15, -0.1) is 10.2 Å². The van der Waals surface area contributed by atoms with Gasteiger partial charge in [0.05, 0.1) is 32.0 Å². The number of nitrogens with one attached hydrogen (secondary N) is 1. The highest BCUT2D eigenvalue weighted by molar-refractivity contribution is 8.01. The standard InChI is InChI=1S/C24H28FN7O3S/c1-16-13-26-22(27-14-16)21(35-5)17(2)36-31-24-30-29-23(19-10-8-11-20(28-19)34-4)32(24)15-18(33-3)9-6-7-12-25/h6-15,17,21H,1-5H3,(H,30,31)/b9-6-,12-7+,18-15-. The average Bonchev–Trinajstić information content (AvgIpc) is 3.30. The maximum Gasteiger partial charge on any atom is 0.239 e. The van der Waals surface area contributed by atoms with Gasteiger partial charge in [-0.25, -0.2) is 19.3 Å². The molecule has 0 aliphatic heterocycles. The number of pyridine rings is 1. The van der Waals surface area contributed by atoms with Gasteiger partial charge in [-0.3, -0.25) is 9.29 Å². The zero-order valence-corrected chi connectivity index (χ0v) is 21.4. The summed E-state index contributed by atoms with van der Waals surface area (Å²) < 4.78 is 33.7. The van der Waals surface area contributed by atoms with Gasteiger partial charge in [-0.1, -0.05) is 12.1 Å². The molecule has 3 aromatic heterocycles. The Bertz CT molecular complexity index is 1210. The molecule has 190 valence electrons. The van der Waals surface area contributed by atoms with Gasteiger partial charge in [0.2, 0.25) is 11.8 Å². The highest BCUT2D eigenvalue weighted by atomic mass is 32.2. The van der Waals surface area contributed by atoms with Gasteiger partial charge in [0.1, 0.15) is 17.6 Å². The van der Waals surface area contributed by atoms with Gasteiger partial charge in [0.15, 0.2) is 11.6 Å². The molecule has 0 aliphatic rings. The minimum absolute atomic E-state index is 0.0956. The predicted octanol–water partition coefficient (Wildman–Crippen LogP) is 4.77. The molecule has 0 aromatic carbocycles. The van der Waals surface area contributed by atoms with Gasteiger partial charge in [0, 0.05) is 25.6 Å². The molecule has 12 heteroatoms. The molecule has 10 nitrogen and oxygen atoms in total. The SMILES string of the molecule is COC(/C=C\C=C\F)=C\n1c(NSC(C)C(OC)c2ncc(C)cn2)nnc1-c1cccc(OC)n1. The third-order valence-corrected chi connectivity index (χ3v) is 5.79. The van der Waals surface area contributed by atoms with E-state index in [2.05, 4.69) is 29.9 Å². The van der Waals surface area contributed by atoms with Gasteiger partial charge in [0.25, 0.3) is 0 Å². The molecule has 0 bridgehead atoms. The van der Waals surface area contributed by atoms with Crippen molar-refractivity contribution >= 4 is 24.1 Å². The van der Waals surface area contributed by atoms with Gasteiger partial charge in [-0.05, 0) is 49.6 Å². The van der Waals surface area contributed by atoms with Crippen molar-refractivity contribution in [2.24, 2.45) is 0 Å². The molecule has 0 spiro atoms. The third kappa shape index (κ3) is 6.89. The zero-order chi connectivity index (χ0) is 25.9. The first-order chi connectivity index (χ1) is 17.5. The van der Waals surface area contributed by atoms with E-state index < -0.39 is 0 Å².